The molecule has 0 unspecified atom stereocenters. The Hall–Kier alpha value is -4.05. The largest absolute Gasteiger partial charge is 0.337 e. The van der Waals surface area contributed by atoms with Gasteiger partial charge in [0.05, 0.1) is 15.8 Å². The molecule has 162 valence electrons. The lowest BCUT2D eigenvalue weighted by molar-refractivity contribution is 0.0790. The Morgan fingerprint density at radius 2 is 1.97 bits per heavy atom. The Labute approximate surface area is 186 Å². The second-order valence-corrected chi connectivity index (χ2v) is 8.11. The lowest BCUT2D eigenvalue weighted by Crippen LogP contribution is -2.29. The highest BCUT2D eigenvalue weighted by Gasteiger charge is 2.17. The maximum Gasteiger partial charge on any atom is 0.329 e. The maximum atomic E-state index is 12.9. The van der Waals surface area contributed by atoms with Crippen LogP contribution in [0.3, 0.4) is 0 Å². The zero-order chi connectivity index (χ0) is 22.8. The molecule has 0 radical (unpaired) electrons. The van der Waals surface area contributed by atoms with Crippen molar-refractivity contribution in [1.82, 2.24) is 19.4 Å². The minimum atomic E-state index is -0.612. The van der Waals surface area contributed by atoms with Crippen LogP contribution >= 0.6 is 11.3 Å². The summed E-state index contributed by atoms with van der Waals surface area (Å²) in [6.07, 6.45) is 1.31. The Bertz CT molecular complexity index is 1440. The number of aryl methyl sites for hydroxylation is 1. The topological polar surface area (TPSA) is 117 Å². The fourth-order valence-electron chi connectivity index (χ4n) is 3.25. The van der Waals surface area contributed by atoms with Crippen LogP contribution in [0.1, 0.15) is 25.6 Å². The van der Waals surface area contributed by atoms with E-state index in [0.717, 1.165) is 5.56 Å². The Morgan fingerprint density at radius 1 is 1.19 bits per heavy atom. The highest BCUT2D eigenvalue weighted by Crippen LogP contribution is 2.20. The number of amides is 2. The molecule has 0 bridgehead atoms. The van der Waals surface area contributed by atoms with Crippen molar-refractivity contribution in [2.24, 2.45) is 7.05 Å². The fraction of sp³-hybridized carbons (Fsp3) is 0.136. The molecule has 0 aliphatic heterocycles. The molecule has 2 amide bonds. The van der Waals surface area contributed by atoms with Gasteiger partial charge in [-0.15, -0.1) is 11.3 Å². The van der Waals surface area contributed by atoms with Crippen LogP contribution in [-0.2, 0) is 13.6 Å². The number of carbonyl (C=O) groups is 2. The van der Waals surface area contributed by atoms with Gasteiger partial charge in [-0.3, -0.25) is 23.9 Å². The first-order chi connectivity index (χ1) is 15.3. The molecule has 2 N–H and O–H groups in total. The SMILES string of the molecule is CN(Cc1ccccc1NC(=O)c1cnc2c(c1)c(=O)[nH]c(=O)n2C)C(=O)c1cccs1. The summed E-state index contributed by atoms with van der Waals surface area (Å²) < 4.78 is 1.20. The third-order valence-corrected chi connectivity index (χ3v) is 5.83. The van der Waals surface area contributed by atoms with Crippen LogP contribution in [0, 0.1) is 0 Å². The average Bonchev–Trinajstić information content (AvgIpc) is 3.33. The molecule has 1 aromatic carbocycles. The highest BCUT2D eigenvalue weighted by atomic mass is 32.1. The summed E-state index contributed by atoms with van der Waals surface area (Å²) in [5.41, 5.74) is 0.450. The van der Waals surface area contributed by atoms with Gasteiger partial charge in [-0.25, -0.2) is 9.78 Å². The number of para-hydroxylation sites is 1. The maximum absolute atomic E-state index is 12.9. The van der Waals surface area contributed by atoms with Gasteiger partial charge in [0, 0.05) is 32.5 Å². The molecule has 0 aliphatic carbocycles. The van der Waals surface area contributed by atoms with Crippen molar-refractivity contribution in [3.05, 3.63) is 90.9 Å². The van der Waals surface area contributed by atoms with Gasteiger partial charge in [0.25, 0.3) is 17.4 Å². The number of nitrogens with one attached hydrogen (secondary N) is 2. The van der Waals surface area contributed by atoms with E-state index in [9.17, 15) is 19.2 Å². The van der Waals surface area contributed by atoms with Crippen molar-refractivity contribution >= 4 is 39.9 Å². The number of benzene rings is 1. The smallest absolute Gasteiger partial charge is 0.329 e. The normalized spacial score (nSPS) is 10.8. The number of rotatable bonds is 5. The molecule has 0 spiro atoms. The van der Waals surface area contributed by atoms with Crippen LogP contribution in [0.2, 0.25) is 0 Å². The van der Waals surface area contributed by atoms with Crippen LogP contribution in [0.5, 0.6) is 0 Å². The van der Waals surface area contributed by atoms with Crippen molar-refractivity contribution in [3.8, 4) is 0 Å². The van der Waals surface area contributed by atoms with Gasteiger partial charge < -0.3 is 10.2 Å². The number of aromatic amines is 1. The molecule has 32 heavy (non-hydrogen) atoms. The number of fused-ring (bicyclic) bond motifs is 1. The predicted octanol–water partition coefficient (Wildman–Crippen LogP) is 2.21. The third kappa shape index (κ3) is 4.08. The van der Waals surface area contributed by atoms with Crippen LogP contribution in [-0.4, -0.2) is 38.3 Å². The van der Waals surface area contributed by atoms with E-state index >= 15 is 0 Å². The van der Waals surface area contributed by atoms with E-state index in [1.165, 1.54) is 35.2 Å². The fourth-order valence-corrected chi connectivity index (χ4v) is 3.97. The number of nitrogens with zero attached hydrogens (tertiary/aromatic N) is 3. The van der Waals surface area contributed by atoms with Gasteiger partial charge in [-0.05, 0) is 29.1 Å². The molecule has 0 fully saturated rings. The summed E-state index contributed by atoms with van der Waals surface area (Å²) in [5, 5.41) is 4.80. The number of carbonyl (C=O) groups excluding carboxylic acids is 2. The number of hydrogen-bond donors (Lipinski definition) is 2. The molecule has 0 saturated heterocycles. The van der Waals surface area contributed by atoms with E-state index in [1.54, 1.807) is 30.1 Å². The van der Waals surface area contributed by atoms with Crippen molar-refractivity contribution in [1.29, 1.82) is 0 Å². The number of thiophene rings is 1. The minimum absolute atomic E-state index is 0.107. The molecule has 4 aromatic rings. The van der Waals surface area contributed by atoms with Crippen LogP contribution in [0.25, 0.3) is 11.0 Å². The van der Waals surface area contributed by atoms with Gasteiger partial charge in [0.1, 0.15) is 5.65 Å². The monoisotopic (exact) mass is 449 g/mol. The predicted molar refractivity (Wildman–Crippen MR) is 122 cm³/mol. The molecule has 4 rings (SSSR count). The van der Waals surface area contributed by atoms with Crippen LogP contribution < -0.4 is 16.6 Å². The quantitative estimate of drug-likeness (QED) is 0.484. The molecule has 3 aromatic heterocycles. The van der Waals surface area contributed by atoms with Gasteiger partial charge in [0.2, 0.25) is 0 Å². The molecule has 3 heterocycles. The molecule has 0 aliphatic rings. The average molecular weight is 449 g/mol. The Balaban J connectivity index is 1.58. The number of H-pyrrole nitrogens is 1. The second kappa shape index (κ2) is 8.60. The summed E-state index contributed by atoms with van der Waals surface area (Å²) in [6.45, 7) is 0.297. The lowest BCUT2D eigenvalue weighted by Gasteiger charge is -2.19. The van der Waals surface area contributed by atoms with E-state index in [0.29, 0.717) is 17.1 Å². The summed E-state index contributed by atoms with van der Waals surface area (Å²) in [4.78, 5) is 57.8. The standard InChI is InChI=1S/C22H19N5O4S/c1-26(21(30)17-8-5-9-32-17)12-13-6-3-4-7-16(13)24-19(28)14-10-15-18(23-11-14)27(2)22(31)25-20(15)29/h3-11H,12H2,1-2H3,(H,24,28)(H,25,29,31). The second-order valence-electron chi connectivity index (χ2n) is 7.16. The summed E-state index contributed by atoms with van der Waals surface area (Å²) in [5.74, 6) is -0.572. The first-order valence-electron chi connectivity index (χ1n) is 9.62. The first kappa shape index (κ1) is 21.2. The third-order valence-electron chi connectivity index (χ3n) is 4.97. The zero-order valence-electron chi connectivity index (χ0n) is 17.3. The van der Waals surface area contributed by atoms with Gasteiger partial charge in [-0.1, -0.05) is 24.3 Å². The molecule has 0 saturated carbocycles. The van der Waals surface area contributed by atoms with Crippen LogP contribution in [0.4, 0.5) is 5.69 Å². The molecule has 10 heteroatoms. The van der Waals surface area contributed by atoms with Crippen molar-refractivity contribution in [2.75, 3.05) is 12.4 Å². The van der Waals surface area contributed by atoms with Gasteiger partial charge in [0.15, 0.2) is 0 Å². The molecular weight excluding hydrogens is 430 g/mol. The van der Waals surface area contributed by atoms with E-state index < -0.39 is 17.2 Å². The van der Waals surface area contributed by atoms with E-state index in [1.807, 2.05) is 23.6 Å². The van der Waals surface area contributed by atoms with E-state index in [4.69, 9.17) is 0 Å². The van der Waals surface area contributed by atoms with E-state index in [2.05, 4.69) is 15.3 Å². The number of aromatic nitrogens is 3. The van der Waals surface area contributed by atoms with Gasteiger partial charge in [-0.2, -0.15) is 0 Å². The summed E-state index contributed by atoms with van der Waals surface area (Å²) >= 11 is 1.37. The number of hydrogen-bond acceptors (Lipinski definition) is 6. The summed E-state index contributed by atoms with van der Waals surface area (Å²) in [6, 6.07) is 12.1. The molecular formula is C22H19N5O4S. The lowest BCUT2D eigenvalue weighted by atomic mass is 10.1. The van der Waals surface area contributed by atoms with Crippen molar-refractivity contribution < 1.29 is 9.59 Å². The highest BCUT2D eigenvalue weighted by molar-refractivity contribution is 7.12. The van der Waals surface area contributed by atoms with Gasteiger partial charge >= 0.3 is 5.69 Å². The Kier molecular flexibility index (Phi) is 5.69. The van der Waals surface area contributed by atoms with Crippen molar-refractivity contribution in [3.63, 3.8) is 0 Å². The minimum Gasteiger partial charge on any atom is -0.337 e. The van der Waals surface area contributed by atoms with E-state index in [-0.39, 0.29) is 22.5 Å². The molecule has 9 nitrogen and oxygen atoms in total. The summed E-state index contributed by atoms with van der Waals surface area (Å²) in [7, 11) is 3.18. The number of pyridine rings is 1. The first-order valence-corrected chi connectivity index (χ1v) is 10.5. The van der Waals surface area contributed by atoms with Crippen LogP contribution in [0.15, 0.2) is 63.6 Å². The van der Waals surface area contributed by atoms with Crippen molar-refractivity contribution in [2.45, 2.75) is 6.54 Å². The molecule has 0 atom stereocenters. The zero-order valence-corrected chi connectivity index (χ0v) is 18.1. The Morgan fingerprint density at radius 3 is 2.72 bits per heavy atom. The number of anilines is 1.